The van der Waals surface area contributed by atoms with E-state index in [1.807, 2.05) is 6.92 Å². The summed E-state index contributed by atoms with van der Waals surface area (Å²) in [6.07, 6.45) is 6.02. The SMILES string of the molecule is CC(C)=CCCC1=C2[C@H](C[C@]3(C)[C@H]2CC[C@H]2[C@]4(C)CC[C@H](O)[C@@H](C)[C@@H]4[C@@H](O)C(=O)[C@]23C)OC1=O. The molecule has 0 radical (unpaired) electrons. The summed E-state index contributed by atoms with van der Waals surface area (Å²) >= 11 is 0. The van der Waals surface area contributed by atoms with Crippen molar-refractivity contribution in [2.75, 3.05) is 0 Å². The van der Waals surface area contributed by atoms with Gasteiger partial charge >= 0.3 is 5.97 Å². The molecule has 5 nitrogen and oxygen atoms in total. The van der Waals surface area contributed by atoms with Crippen LogP contribution in [0.25, 0.3) is 0 Å². The van der Waals surface area contributed by atoms with E-state index in [9.17, 15) is 19.8 Å². The lowest BCUT2D eigenvalue weighted by atomic mass is 9.36. The quantitative estimate of drug-likeness (QED) is 0.459. The molecule has 188 valence electrons. The highest BCUT2D eigenvalue weighted by molar-refractivity contribution is 5.94. The first kappa shape index (κ1) is 24.2. The molecular formula is C29H42O5. The van der Waals surface area contributed by atoms with Crippen molar-refractivity contribution in [3.8, 4) is 0 Å². The molecule has 0 aromatic carbocycles. The molecule has 4 saturated carbocycles. The highest BCUT2D eigenvalue weighted by atomic mass is 16.5. The second-order valence-electron chi connectivity index (χ2n) is 13.0. The normalized spacial score (nSPS) is 49.7. The zero-order valence-corrected chi connectivity index (χ0v) is 21.7. The smallest absolute Gasteiger partial charge is 0.334 e. The number of fused-ring (bicyclic) bond motifs is 7. The van der Waals surface area contributed by atoms with Crippen LogP contribution in [-0.4, -0.2) is 40.3 Å². The van der Waals surface area contributed by atoms with Gasteiger partial charge in [-0.1, -0.05) is 39.3 Å². The Bertz CT molecular complexity index is 975. The predicted molar refractivity (Wildman–Crippen MR) is 130 cm³/mol. The van der Waals surface area contributed by atoms with E-state index in [1.54, 1.807) is 0 Å². The highest BCUT2D eigenvalue weighted by Gasteiger charge is 2.74. The molecule has 0 spiro atoms. The predicted octanol–water partition coefficient (Wildman–Crippen LogP) is 4.75. The van der Waals surface area contributed by atoms with Crippen LogP contribution in [0.15, 0.2) is 22.8 Å². The fraction of sp³-hybridized carbons (Fsp3) is 0.793. The van der Waals surface area contributed by atoms with Crippen LogP contribution in [0.1, 0.15) is 86.5 Å². The van der Waals surface area contributed by atoms with Gasteiger partial charge < -0.3 is 14.9 Å². The zero-order chi connectivity index (χ0) is 24.8. The Hall–Kier alpha value is -1.46. The van der Waals surface area contributed by atoms with Crippen molar-refractivity contribution in [2.45, 2.75) is 105 Å². The Morgan fingerprint density at radius 1 is 1.12 bits per heavy atom. The maximum absolute atomic E-state index is 14.1. The molecule has 4 fully saturated rings. The molecule has 2 N–H and O–H groups in total. The van der Waals surface area contributed by atoms with E-state index in [4.69, 9.17) is 4.74 Å². The van der Waals surface area contributed by atoms with Gasteiger partial charge in [-0.25, -0.2) is 4.79 Å². The van der Waals surface area contributed by atoms with Gasteiger partial charge in [0.25, 0.3) is 0 Å². The van der Waals surface area contributed by atoms with Gasteiger partial charge in [-0.3, -0.25) is 4.79 Å². The first-order valence-electron chi connectivity index (χ1n) is 13.4. The van der Waals surface area contributed by atoms with Gasteiger partial charge in [0.15, 0.2) is 5.78 Å². The molecule has 0 amide bonds. The maximum atomic E-state index is 14.1. The maximum Gasteiger partial charge on any atom is 0.334 e. The lowest BCUT2D eigenvalue weighted by molar-refractivity contribution is -0.222. The van der Waals surface area contributed by atoms with Crippen molar-refractivity contribution in [2.24, 2.45) is 39.9 Å². The number of allylic oxidation sites excluding steroid dienone is 2. The molecule has 0 unspecified atom stereocenters. The number of hydrogen-bond donors (Lipinski definition) is 2. The van der Waals surface area contributed by atoms with Crippen LogP contribution < -0.4 is 0 Å². The Balaban J connectivity index is 1.57. The third-order valence-corrected chi connectivity index (χ3v) is 11.3. The Kier molecular flexibility index (Phi) is 5.54. The number of carbonyl (C=O) groups excluding carboxylic acids is 2. The molecule has 0 aromatic heterocycles. The lowest BCUT2D eigenvalue weighted by Gasteiger charge is -2.67. The van der Waals surface area contributed by atoms with E-state index >= 15 is 0 Å². The number of hydrogen-bond acceptors (Lipinski definition) is 5. The van der Waals surface area contributed by atoms with Crippen LogP contribution in [0.2, 0.25) is 0 Å². The number of ether oxygens (including phenoxy) is 1. The molecular weight excluding hydrogens is 428 g/mol. The van der Waals surface area contributed by atoms with E-state index in [2.05, 4.69) is 40.7 Å². The molecule has 4 aliphatic carbocycles. The summed E-state index contributed by atoms with van der Waals surface area (Å²) in [6.45, 7) is 12.7. The number of aliphatic hydroxyl groups is 2. The first-order chi connectivity index (χ1) is 15.9. The first-order valence-corrected chi connectivity index (χ1v) is 13.4. The Morgan fingerprint density at radius 3 is 2.50 bits per heavy atom. The summed E-state index contributed by atoms with van der Waals surface area (Å²) < 4.78 is 5.92. The largest absolute Gasteiger partial charge is 0.454 e. The summed E-state index contributed by atoms with van der Waals surface area (Å²) in [5, 5.41) is 22.0. The number of Topliss-reactive ketones (excluding diaryl/α,β-unsaturated/α-hetero) is 1. The second-order valence-corrected chi connectivity index (χ2v) is 13.0. The minimum atomic E-state index is -1.05. The van der Waals surface area contributed by atoms with Gasteiger partial charge in [0.1, 0.15) is 12.2 Å². The molecule has 0 aromatic rings. The van der Waals surface area contributed by atoms with Crippen LogP contribution in [0, 0.1) is 39.9 Å². The van der Waals surface area contributed by atoms with E-state index in [-0.39, 0.29) is 52.4 Å². The van der Waals surface area contributed by atoms with Gasteiger partial charge in [-0.05, 0) is 93.0 Å². The van der Waals surface area contributed by atoms with Gasteiger partial charge in [0.2, 0.25) is 0 Å². The van der Waals surface area contributed by atoms with Crippen molar-refractivity contribution in [3.05, 3.63) is 22.8 Å². The molecule has 10 atom stereocenters. The molecule has 5 heteroatoms. The van der Waals surface area contributed by atoms with Crippen molar-refractivity contribution in [1.82, 2.24) is 0 Å². The van der Waals surface area contributed by atoms with Crippen LogP contribution in [0.4, 0.5) is 0 Å². The molecule has 5 rings (SSSR count). The summed E-state index contributed by atoms with van der Waals surface area (Å²) in [4.78, 5) is 26.9. The Morgan fingerprint density at radius 2 is 1.82 bits per heavy atom. The Labute approximate surface area is 204 Å². The monoisotopic (exact) mass is 470 g/mol. The standard InChI is InChI=1S/C29H42O5/c1-15(2)8-7-9-17-22-18-10-11-21-27(4)13-12-19(30)16(3)23(27)24(31)25(32)29(21,6)28(18,5)14-20(22)34-26(17)33/h8,16,18-21,23-24,30-31H,7,9-14H2,1-6H3/t16-,18+,19+,20+,21+,23-,24-,27+,28-,29+/m1/s1. The number of carbonyl (C=O) groups is 2. The third kappa shape index (κ3) is 2.92. The molecule has 0 saturated heterocycles. The number of esters is 1. The van der Waals surface area contributed by atoms with Gasteiger partial charge in [-0.2, -0.15) is 0 Å². The zero-order valence-electron chi connectivity index (χ0n) is 21.7. The van der Waals surface area contributed by atoms with E-state index < -0.39 is 17.6 Å². The summed E-state index contributed by atoms with van der Waals surface area (Å²) in [5.41, 5.74) is 2.00. The van der Waals surface area contributed by atoms with Crippen LogP contribution >= 0.6 is 0 Å². The average Bonchev–Trinajstić information content (AvgIpc) is 3.21. The lowest BCUT2D eigenvalue weighted by Crippen LogP contribution is -2.70. The number of aliphatic hydroxyl groups excluding tert-OH is 2. The minimum Gasteiger partial charge on any atom is -0.454 e. The summed E-state index contributed by atoms with van der Waals surface area (Å²) in [5.74, 6) is -0.239. The third-order valence-electron chi connectivity index (χ3n) is 11.3. The number of ketones is 1. The second kappa shape index (κ2) is 7.77. The fourth-order valence-electron chi connectivity index (χ4n) is 9.55. The van der Waals surface area contributed by atoms with Crippen molar-refractivity contribution >= 4 is 11.8 Å². The summed E-state index contributed by atoms with van der Waals surface area (Å²) in [7, 11) is 0. The van der Waals surface area contributed by atoms with E-state index in [0.717, 1.165) is 43.3 Å². The molecule has 5 aliphatic rings. The summed E-state index contributed by atoms with van der Waals surface area (Å²) in [6, 6.07) is 0. The van der Waals surface area contributed by atoms with Crippen molar-refractivity contribution < 1.29 is 24.5 Å². The molecule has 1 heterocycles. The topological polar surface area (TPSA) is 83.8 Å². The minimum absolute atomic E-state index is 0.0499. The number of rotatable bonds is 3. The van der Waals surface area contributed by atoms with Gasteiger partial charge in [0.05, 0.1) is 6.10 Å². The molecule has 0 bridgehead atoms. The van der Waals surface area contributed by atoms with E-state index in [1.165, 1.54) is 5.57 Å². The molecule has 34 heavy (non-hydrogen) atoms. The van der Waals surface area contributed by atoms with Gasteiger partial charge in [-0.15, -0.1) is 0 Å². The highest BCUT2D eigenvalue weighted by Crippen LogP contribution is 2.73. The van der Waals surface area contributed by atoms with Crippen LogP contribution in [0.3, 0.4) is 0 Å². The molecule has 1 aliphatic heterocycles. The fourth-order valence-corrected chi connectivity index (χ4v) is 9.55. The van der Waals surface area contributed by atoms with Crippen molar-refractivity contribution in [1.29, 1.82) is 0 Å². The van der Waals surface area contributed by atoms with Crippen LogP contribution in [-0.2, 0) is 14.3 Å². The van der Waals surface area contributed by atoms with Crippen molar-refractivity contribution in [3.63, 3.8) is 0 Å². The van der Waals surface area contributed by atoms with Crippen LogP contribution in [0.5, 0.6) is 0 Å². The van der Waals surface area contributed by atoms with Gasteiger partial charge in [0, 0.05) is 16.9 Å². The van der Waals surface area contributed by atoms with E-state index in [0.29, 0.717) is 12.8 Å². The average molecular weight is 471 g/mol.